The molecule has 1 fully saturated rings. The van der Waals surface area contributed by atoms with Crippen molar-refractivity contribution in [3.8, 4) is 10.4 Å². The highest BCUT2D eigenvalue weighted by molar-refractivity contribution is 7.16. The quantitative estimate of drug-likeness (QED) is 0.748. The Hall–Kier alpha value is -2.44. The van der Waals surface area contributed by atoms with E-state index in [-0.39, 0.29) is 0 Å². The second-order valence-electron chi connectivity index (χ2n) is 6.30. The normalized spacial score (nSPS) is 19.6. The number of rotatable bonds is 6. The molecule has 5 nitrogen and oxygen atoms in total. The Balaban J connectivity index is 1.73. The first kappa shape index (κ1) is 18.4. The maximum absolute atomic E-state index is 10.9. The molecular weight excluding hydrogens is 348 g/mol. The summed E-state index contributed by atoms with van der Waals surface area (Å²) in [6.07, 6.45) is 4.27. The second kappa shape index (κ2) is 8.29. The summed E-state index contributed by atoms with van der Waals surface area (Å²) in [7, 11) is 0. The minimum absolute atomic E-state index is 0.673. The average molecular weight is 370 g/mol. The van der Waals surface area contributed by atoms with Crippen LogP contribution in [0.3, 0.4) is 0 Å². The van der Waals surface area contributed by atoms with Gasteiger partial charge in [-0.25, -0.2) is 0 Å². The molecule has 0 unspecified atom stereocenters. The third-order valence-electron chi connectivity index (χ3n) is 4.35. The number of oxime groups is 1. The maximum Gasteiger partial charge on any atom is 0.324 e. The summed E-state index contributed by atoms with van der Waals surface area (Å²) in [6, 6.07) is 13.4. The zero-order chi connectivity index (χ0) is 18.5. The molecule has 6 heteroatoms. The molecule has 0 saturated heterocycles. The molecule has 0 bridgehead atoms. The fraction of sp³-hybridized carbons (Fsp3) is 0.300. The number of allylic oxidation sites excluding steroid dienone is 1. The van der Waals surface area contributed by atoms with Gasteiger partial charge in [0.2, 0.25) is 0 Å². The Kier molecular flexibility index (Phi) is 5.85. The highest BCUT2D eigenvalue weighted by Gasteiger charge is 2.23. The number of carboxylic acid groups (broad SMARTS) is 1. The summed E-state index contributed by atoms with van der Waals surface area (Å²) in [6.45, 7) is 1.62. The van der Waals surface area contributed by atoms with Crippen LogP contribution in [0.5, 0.6) is 0 Å². The maximum atomic E-state index is 10.9. The van der Waals surface area contributed by atoms with Gasteiger partial charge >= 0.3 is 5.97 Å². The number of hydrogen-bond acceptors (Lipinski definition) is 5. The van der Waals surface area contributed by atoms with Crippen LogP contribution in [0.2, 0.25) is 0 Å². The number of nitrogens with two attached hydrogens (primary N) is 1. The second-order valence-corrected chi connectivity index (χ2v) is 7.42. The lowest BCUT2D eigenvalue weighted by atomic mass is 10.1. The first-order valence-electron chi connectivity index (χ1n) is 8.62. The summed E-state index contributed by atoms with van der Waals surface area (Å²) in [4.78, 5) is 18.6. The van der Waals surface area contributed by atoms with E-state index >= 15 is 0 Å². The Morgan fingerprint density at radius 2 is 2.04 bits per heavy atom. The van der Waals surface area contributed by atoms with Gasteiger partial charge in [-0.2, -0.15) is 0 Å². The molecule has 0 amide bonds. The van der Waals surface area contributed by atoms with Crippen LogP contribution in [-0.4, -0.2) is 28.9 Å². The summed E-state index contributed by atoms with van der Waals surface area (Å²) in [5.41, 5.74) is 8.78. The van der Waals surface area contributed by atoms with Gasteiger partial charge in [0.15, 0.2) is 6.10 Å². The van der Waals surface area contributed by atoms with Crippen LogP contribution in [0, 0.1) is 0 Å². The van der Waals surface area contributed by atoms with Gasteiger partial charge in [0, 0.05) is 9.75 Å². The van der Waals surface area contributed by atoms with Crippen LogP contribution in [0.1, 0.15) is 31.1 Å². The van der Waals surface area contributed by atoms with Crippen LogP contribution in [0.4, 0.5) is 0 Å². The van der Waals surface area contributed by atoms with Crippen LogP contribution in [-0.2, 0) is 9.63 Å². The van der Waals surface area contributed by atoms with E-state index in [0.717, 1.165) is 30.5 Å². The zero-order valence-electron chi connectivity index (χ0n) is 14.6. The van der Waals surface area contributed by atoms with E-state index in [1.165, 1.54) is 15.3 Å². The Bertz CT molecular complexity index is 827. The van der Waals surface area contributed by atoms with Crippen molar-refractivity contribution < 1.29 is 14.7 Å². The molecule has 1 aromatic carbocycles. The van der Waals surface area contributed by atoms with Crippen molar-refractivity contribution >= 4 is 29.1 Å². The molecule has 2 atom stereocenters. The van der Waals surface area contributed by atoms with Crippen LogP contribution >= 0.6 is 11.3 Å². The lowest BCUT2D eigenvalue weighted by Gasteiger charge is -2.14. The topological polar surface area (TPSA) is 84.9 Å². The molecule has 0 aliphatic heterocycles. The van der Waals surface area contributed by atoms with Crippen LogP contribution in [0.25, 0.3) is 16.5 Å². The summed E-state index contributed by atoms with van der Waals surface area (Å²) < 4.78 is 0. The van der Waals surface area contributed by atoms with Gasteiger partial charge in [0.1, 0.15) is 6.04 Å². The smallest absolute Gasteiger partial charge is 0.324 e. The van der Waals surface area contributed by atoms with E-state index in [2.05, 4.69) is 35.5 Å². The molecule has 0 spiro atoms. The lowest BCUT2D eigenvalue weighted by Crippen LogP contribution is -2.41. The molecule has 1 heterocycles. The predicted octanol–water partition coefficient (Wildman–Crippen LogP) is 4.16. The van der Waals surface area contributed by atoms with Gasteiger partial charge < -0.3 is 15.7 Å². The van der Waals surface area contributed by atoms with Gasteiger partial charge in [-0.05, 0) is 55.5 Å². The van der Waals surface area contributed by atoms with Gasteiger partial charge in [-0.3, -0.25) is 4.79 Å². The molecular formula is C20H22N2O3S. The molecule has 1 aromatic heterocycles. The Morgan fingerprint density at radius 3 is 2.77 bits per heavy atom. The molecule has 1 aliphatic rings. The number of carbonyl (C=O) groups is 1. The first-order chi connectivity index (χ1) is 12.5. The van der Waals surface area contributed by atoms with Gasteiger partial charge in [0.05, 0.1) is 5.71 Å². The average Bonchev–Trinajstić information content (AvgIpc) is 3.29. The van der Waals surface area contributed by atoms with Crippen molar-refractivity contribution in [2.75, 3.05) is 0 Å². The van der Waals surface area contributed by atoms with E-state index in [9.17, 15) is 4.79 Å². The fourth-order valence-corrected chi connectivity index (χ4v) is 3.76. The van der Waals surface area contributed by atoms with Gasteiger partial charge in [-0.15, -0.1) is 11.3 Å². The van der Waals surface area contributed by atoms with Crippen molar-refractivity contribution in [3.05, 3.63) is 52.9 Å². The number of nitrogens with zero attached hydrogens (tertiary/aromatic N) is 1. The van der Waals surface area contributed by atoms with E-state index in [1.54, 1.807) is 18.3 Å². The monoisotopic (exact) mass is 370 g/mol. The van der Waals surface area contributed by atoms with Crippen molar-refractivity contribution in [1.82, 2.24) is 0 Å². The molecule has 1 saturated carbocycles. The van der Waals surface area contributed by atoms with E-state index in [1.807, 2.05) is 18.2 Å². The third-order valence-corrected chi connectivity index (χ3v) is 5.43. The molecule has 0 radical (unpaired) electrons. The summed E-state index contributed by atoms with van der Waals surface area (Å²) >= 11 is 1.74. The molecule has 1 aliphatic carbocycles. The number of aliphatic carboxylic acids is 1. The molecule has 2 aromatic rings. The molecule has 3 N–H and O–H groups in total. The molecule has 3 rings (SSSR count). The van der Waals surface area contributed by atoms with Crippen molar-refractivity contribution in [2.45, 2.75) is 38.3 Å². The summed E-state index contributed by atoms with van der Waals surface area (Å²) in [5.74, 6) is -1.09. The molecule has 136 valence electrons. The molecule has 26 heavy (non-hydrogen) atoms. The van der Waals surface area contributed by atoms with Crippen molar-refractivity contribution in [3.63, 3.8) is 0 Å². The third kappa shape index (κ3) is 4.39. The highest BCUT2D eigenvalue weighted by atomic mass is 32.1. The fourth-order valence-electron chi connectivity index (χ4n) is 2.78. The van der Waals surface area contributed by atoms with Crippen molar-refractivity contribution in [1.29, 1.82) is 0 Å². The minimum atomic E-state index is -1.09. The number of thiophene rings is 1. The predicted molar refractivity (Wildman–Crippen MR) is 105 cm³/mol. The number of hydrogen-bond donors (Lipinski definition) is 2. The Labute approximate surface area is 156 Å². The SMILES string of the molecule is C[C@@H](O/N=C1/CCC/C1=C\c1ccc(-c2ccccc2)s1)[C@@H](N)C(=O)O. The van der Waals surface area contributed by atoms with Gasteiger partial charge in [-0.1, -0.05) is 35.5 Å². The number of benzene rings is 1. The standard InChI is InChI=1S/C20H22N2O3S/c1-13(19(21)20(23)24)25-22-17-9-5-8-15(17)12-16-10-11-18(26-16)14-6-3-2-4-7-14/h2-4,6-7,10-13,19H,5,8-9,21H2,1H3,(H,23,24)/b15-12+,22-17-/t13-,19-/m1/s1. The van der Waals surface area contributed by atoms with Crippen molar-refractivity contribution in [2.24, 2.45) is 10.9 Å². The lowest BCUT2D eigenvalue weighted by molar-refractivity contribution is -0.142. The minimum Gasteiger partial charge on any atom is -0.480 e. The largest absolute Gasteiger partial charge is 0.480 e. The highest BCUT2D eigenvalue weighted by Crippen LogP contribution is 2.31. The first-order valence-corrected chi connectivity index (χ1v) is 9.43. The zero-order valence-corrected chi connectivity index (χ0v) is 15.4. The summed E-state index contributed by atoms with van der Waals surface area (Å²) in [5, 5.41) is 13.1. The van der Waals surface area contributed by atoms with E-state index < -0.39 is 18.1 Å². The van der Waals surface area contributed by atoms with E-state index in [0.29, 0.717) is 0 Å². The Morgan fingerprint density at radius 1 is 1.27 bits per heavy atom. The van der Waals surface area contributed by atoms with Crippen LogP contribution < -0.4 is 5.73 Å². The van der Waals surface area contributed by atoms with Crippen LogP contribution in [0.15, 0.2) is 53.2 Å². The van der Waals surface area contributed by atoms with Gasteiger partial charge in [0.25, 0.3) is 0 Å². The van der Waals surface area contributed by atoms with E-state index in [4.69, 9.17) is 15.7 Å². The number of carboxylic acids is 1.